The lowest BCUT2D eigenvalue weighted by Crippen LogP contribution is -2.54. The number of alkyl halides is 3. The quantitative estimate of drug-likeness (QED) is 0.412. The maximum Gasteiger partial charge on any atom is 0.416 e. The van der Waals surface area contributed by atoms with Crippen LogP contribution in [0.25, 0.3) is 6.08 Å². The minimum atomic E-state index is -4.62. The predicted molar refractivity (Wildman–Crippen MR) is 112 cm³/mol. The van der Waals surface area contributed by atoms with Crippen LogP contribution in [-0.4, -0.2) is 31.1 Å². The average Bonchev–Trinajstić information content (AvgIpc) is 2.71. The number of methoxy groups -OCH3 is 2. The monoisotopic (exact) mass is 470 g/mol. The van der Waals surface area contributed by atoms with E-state index < -0.39 is 23.6 Å². The Bertz CT molecular complexity index is 1120. The third-order valence-electron chi connectivity index (χ3n) is 4.34. The van der Waals surface area contributed by atoms with E-state index in [9.17, 15) is 22.8 Å². The second kappa shape index (κ2) is 8.56. The summed E-state index contributed by atoms with van der Waals surface area (Å²) in [6.07, 6.45) is -3.42. The van der Waals surface area contributed by atoms with Gasteiger partial charge in [0.15, 0.2) is 16.6 Å². The number of ether oxygens (including phenoxy) is 2. The van der Waals surface area contributed by atoms with Crippen molar-refractivity contribution in [2.75, 3.05) is 19.1 Å². The molecular formula is C20H14ClF3N2O4S. The number of nitrogens with one attached hydrogen (secondary N) is 1. The molecule has 0 spiro atoms. The number of anilines is 1. The lowest BCUT2D eigenvalue weighted by atomic mass is 10.1. The van der Waals surface area contributed by atoms with Gasteiger partial charge in [-0.25, -0.2) is 0 Å². The van der Waals surface area contributed by atoms with Crippen molar-refractivity contribution in [3.8, 4) is 11.5 Å². The second-order valence-corrected chi connectivity index (χ2v) is 7.03. The molecule has 1 aliphatic heterocycles. The van der Waals surface area contributed by atoms with Crippen LogP contribution in [0.1, 0.15) is 11.1 Å². The lowest BCUT2D eigenvalue weighted by molar-refractivity contribution is -0.137. The number of halogens is 4. The Balaban J connectivity index is 2.07. The molecule has 0 bridgehead atoms. The van der Waals surface area contributed by atoms with Gasteiger partial charge in [-0.1, -0.05) is 17.7 Å². The van der Waals surface area contributed by atoms with Gasteiger partial charge in [0.05, 0.1) is 30.5 Å². The third kappa shape index (κ3) is 4.49. The van der Waals surface area contributed by atoms with Gasteiger partial charge in [0, 0.05) is 6.07 Å². The zero-order valence-electron chi connectivity index (χ0n) is 16.0. The molecule has 1 heterocycles. The summed E-state index contributed by atoms with van der Waals surface area (Å²) >= 11 is 11.2. The number of carbonyl (C=O) groups is 2. The SMILES string of the molecule is COc1cc(Cl)c(/C=C2\C(=O)NC(=S)N(c3cccc(C(F)(F)F)c3)C2=O)cc1OC. The van der Waals surface area contributed by atoms with Gasteiger partial charge in [-0.2, -0.15) is 13.2 Å². The van der Waals surface area contributed by atoms with E-state index in [2.05, 4.69) is 5.32 Å². The number of hydrogen-bond acceptors (Lipinski definition) is 5. The summed E-state index contributed by atoms with van der Waals surface area (Å²) < 4.78 is 49.6. The molecule has 1 fully saturated rings. The summed E-state index contributed by atoms with van der Waals surface area (Å²) in [7, 11) is 2.81. The number of benzene rings is 2. The first-order valence-electron chi connectivity index (χ1n) is 8.57. The molecule has 0 atom stereocenters. The Morgan fingerprint density at radius 2 is 1.74 bits per heavy atom. The molecule has 3 rings (SSSR count). The molecule has 2 amide bonds. The second-order valence-electron chi connectivity index (χ2n) is 6.23. The van der Waals surface area contributed by atoms with Crippen LogP contribution in [0.5, 0.6) is 11.5 Å². The topological polar surface area (TPSA) is 67.9 Å². The molecule has 11 heteroatoms. The van der Waals surface area contributed by atoms with Crippen molar-refractivity contribution in [3.05, 3.63) is 58.1 Å². The number of carbonyl (C=O) groups excluding carboxylic acids is 2. The standard InChI is InChI=1S/C20H14ClF3N2O4S/c1-29-15-7-10(14(21)9-16(15)30-2)6-13-17(27)25-19(31)26(18(13)28)12-5-3-4-11(8-12)20(22,23)24/h3-9H,1-2H3,(H,25,27,31)/b13-6+. The summed E-state index contributed by atoms with van der Waals surface area (Å²) in [5.41, 5.74) is -1.23. The van der Waals surface area contributed by atoms with Crippen LogP contribution in [0.3, 0.4) is 0 Å². The zero-order valence-corrected chi connectivity index (χ0v) is 17.6. The fourth-order valence-electron chi connectivity index (χ4n) is 2.85. The minimum absolute atomic E-state index is 0.144. The van der Waals surface area contributed by atoms with Crippen LogP contribution < -0.4 is 19.7 Å². The fraction of sp³-hybridized carbons (Fsp3) is 0.150. The average molecular weight is 471 g/mol. The molecule has 0 saturated carbocycles. The van der Waals surface area contributed by atoms with Crippen LogP contribution in [0, 0.1) is 0 Å². The summed E-state index contributed by atoms with van der Waals surface area (Å²) in [5, 5.41) is 2.12. The first-order chi connectivity index (χ1) is 14.6. The Kier molecular flexibility index (Phi) is 6.23. The number of nitrogens with zero attached hydrogens (tertiary/aromatic N) is 1. The molecule has 0 radical (unpaired) electrons. The zero-order chi connectivity index (χ0) is 22.9. The minimum Gasteiger partial charge on any atom is -0.493 e. The number of amides is 2. The summed E-state index contributed by atoms with van der Waals surface area (Å²) in [6.45, 7) is 0. The van der Waals surface area contributed by atoms with Crippen molar-refractivity contribution in [2.45, 2.75) is 6.18 Å². The van der Waals surface area contributed by atoms with Gasteiger partial charge in [-0.05, 0) is 48.1 Å². The Morgan fingerprint density at radius 3 is 2.35 bits per heavy atom. The normalized spacial score (nSPS) is 15.9. The van der Waals surface area contributed by atoms with E-state index in [0.29, 0.717) is 11.5 Å². The van der Waals surface area contributed by atoms with Gasteiger partial charge in [-0.15, -0.1) is 0 Å². The molecular weight excluding hydrogens is 457 g/mol. The molecule has 2 aromatic rings. The highest BCUT2D eigenvalue weighted by Gasteiger charge is 2.36. The van der Waals surface area contributed by atoms with Crippen molar-refractivity contribution in [1.29, 1.82) is 0 Å². The van der Waals surface area contributed by atoms with E-state index in [4.69, 9.17) is 33.3 Å². The van der Waals surface area contributed by atoms with Crippen molar-refractivity contribution in [1.82, 2.24) is 5.32 Å². The molecule has 0 aromatic heterocycles. The van der Waals surface area contributed by atoms with E-state index in [0.717, 1.165) is 23.1 Å². The Labute approximate surface area is 185 Å². The number of rotatable bonds is 4. The van der Waals surface area contributed by atoms with E-state index in [1.54, 1.807) is 0 Å². The van der Waals surface area contributed by atoms with Crippen molar-refractivity contribution in [2.24, 2.45) is 0 Å². The maximum atomic E-state index is 13.1. The molecule has 2 aromatic carbocycles. The largest absolute Gasteiger partial charge is 0.493 e. The Morgan fingerprint density at radius 1 is 1.10 bits per heavy atom. The van der Waals surface area contributed by atoms with Gasteiger partial charge in [0.1, 0.15) is 5.57 Å². The third-order valence-corrected chi connectivity index (χ3v) is 4.95. The molecule has 0 aliphatic carbocycles. The summed E-state index contributed by atoms with van der Waals surface area (Å²) in [4.78, 5) is 26.3. The van der Waals surface area contributed by atoms with Crippen molar-refractivity contribution >= 4 is 52.5 Å². The molecule has 1 aliphatic rings. The molecule has 0 unspecified atom stereocenters. The van der Waals surface area contributed by atoms with Crippen molar-refractivity contribution < 1.29 is 32.2 Å². The molecule has 6 nitrogen and oxygen atoms in total. The summed E-state index contributed by atoms with van der Waals surface area (Å²) in [5.74, 6) is -1.09. The van der Waals surface area contributed by atoms with Crippen LogP contribution in [-0.2, 0) is 15.8 Å². The van der Waals surface area contributed by atoms with Crippen LogP contribution in [0.2, 0.25) is 5.02 Å². The first kappa shape index (κ1) is 22.6. The lowest BCUT2D eigenvalue weighted by Gasteiger charge is -2.29. The highest BCUT2D eigenvalue weighted by Crippen LogP contribution is 2.35. The molecule has 1 saturated heterocycles. The van der Waals surface area contributed by atoms with Gasteiger partial charge >= 0.3 is 6.18 Å². The molecule has 162 valence electrons. The van der Waals surface area contributed by atoms with Crippen LogP contribution >= 0.6 is 23.8 Å². The highest BCUT2D eigenvalue weighted by molar-refractivity contribution is 7.80. The van der Waals surface area contributed by atoms with Gasteiger partial charge in [-0.3, -0.25) is 19.8 Å². The smallest absolute Gasteiger partial charge is 0.416 e. The van der Waals surface area contributed by atoms with E-state index in [-0.39, 0.29) is 27.0 Å². The van der Waals surface area contributed by atoms with Gasteiger partial charge in [0.25, 0.3) is 11.8 Å². The van der Waals surface area contributed by atoms with Crippen molar-refractivity contribution in [3.63, 3.8) is 0 Å². The van der Waals surface area contributed by atoms with Crippen LogP contribution in [0.4, 0.5) is 18.9 Å². The van der Waals surface area contributed by atoms with Crippen LogP contribution in [0.15, 0.2) is 42.0 Å². The highest BCUT2D eigenvalue weighted by atomic mass is 35.5. The van der Waals surface area contributed by atoms with E-state index in [1.807, 2.05) is 0 Å². The number of thiocarbonyl (C=S) groups is 1. The molecule has 31 heavy (non-hydrogen) atoms. The summed E-state index contributed by atoms with van der Waals surface area (Å²) in [6, 6.07) is 6.93. The van der Waals surface area contributed by atoms with E-state index >= 15 is 0 Å². The van der Waals surface area contributed by atoms with Gasteiger partial charge < -0.3 is 9.47 Å². The van der Waals surface area contributed by atoms with Gasteiger partial charge in [0.2, 0.25) is 0 Å². The van der Waals surface area contributed by atoms with E-state index in [1.165, 1.54) is 38.5 Å². The first-order valence-corrected chi connectivity index (χ1v) is 9.35. The maximum absolute atomic E-state index is 13.1. The predicted octanol–water partition coefficient (Wildman–Crippen LogP) is 4.21. The fourth-order valence-corrected chi connectivity index (χ4v) is 3.34. The number of hydrogen-bond donors (Lipinski definition) is 1. The molecule has 1 N–H and O–H groups in total. The Hall–Kier alpha value is -3.11.